The van der Waals surface area contributed by atoms with Crippen molar-refractivity contribution in [3.05, 3.63) is 59.7 Å². The third-order valence-corrected chi connectivity index (χ3v) is 3.41. The number of hydrogen-bond donors (Lipinski definition) is 0. The van der Waals surface area contributed by atoms with Crippen LogP contribution in [-0.4, -0.2) is 13.1 Å². The molecule has 0 radical (unpaired) electrons. The van der Waals surface area contributed by atoms with E-state index in [-0.39, 0.29) is 0 Å². The lowest BCUT2D eigenvalue weighted by Gasteiger charge is -2.10. The lowest BCUT2D eigenvalue weighted by Crippen LogP contribution is -2.03. The predicted molar refractivity (Wildman–Crippen MR) is 77.5 cm³/mol. The fourth-order valence-corrected chi connectivity index (χ4v) is 2.53. The Morgan fingerprint density at radius 3 is 2.60 bits per heavy atom. The van der Waals surface area contributed by atoms with Crippen LogP contribution in [0.5, 0.6) is 0 Å². The summed E-state index contributed by atoms with van der Waals surface area (Å²) in [4.78, 5) is 12.0. The molecule has 3 aromatic rings. The maximum Gasteiger partial charge on any atom is 0.338 e. The van der Waals surface area contributed by atoms with Gasteiger partial charge in [0.1, 0.15) is 0 Å². The highest BCUT2D eigenvalue weighted by Crippen LogP contribution is 2.31. The second-order valence-electron chi connectivity index (χ2n) is 4.48. The van der Waals surface area contributed by atoms with E-state index < -0.39 is 5.97 Å². The van der Waals surface area contributed by atoms with E-state index in [1.54, 1.807) is 12.1 Å². The minimum atomic E-state index is -0.427. The number of nitrogens with zero attached hydrogens (tertiary/aromatic N) is 1. The second kappa shape index (κ2) is 4.67. The van der Waals surface area contributed by atoms with Crippen LogP contribution in [0.4, 0.5) is 0 Å². The predicted octanol–water partition coefficient (Wildman–Crippen LogP) is 3.65. The Morgan fingerprint density at radius 2 is 1.85 bits per heavy atom. The van der Waals surface area contributed by atoms with Crippen molar-refractivity contribution in [3.8, 4) is 6.07 Å². The zero-order valence-electron chi connectivity index (χ0n) is 10.9. The van der Waals surface area contributed by atoms with Crippen LogP contribution in [0.1, 0.15) is 15.9 Å². The number of carbonyl (C=O) groups is 1. The van der Waals surface area contributed by atoms with Gasteiger partial charge in [0, 0.05) is 5.39 Å². The van der Waals surface area contributed by atoms with E-state index in [0.29, 0.717) is 16.5 Å². The van der Waals surface area contributed by atoms with Gasteiger partial charge in [0.15, 0.2) is 0 Å². The summed E-state index contributed by atoms with van der Waals surface area (Å²) in [5.74, 6) is -0.427. The molecule has 20 heavy (non-hydrogen) atoms. The van der Waals surface area contributed by atoms with E-state index in [1.807, 2.05) is 36.4 Å². The van der Waals surface area contributed by atoms with Gasteiger partial charge < -0.3 is 4.74 Å². The maximum absolute atomic E-state index is 12.0. The molecule has 3 rings (SSSR count). The fourth-order valence-electron chi connectivity index (χ4n) is 2.53. The first-order chi connectivity index (χ1) is 9.76. The van der Waals surface area contributed by atoms with Crippen molar-refractivity contribution in [2.45, 2.75) is 0 Å². The zero-order valence-corrected chi connectivity index (χ0v) is 10.9. The fraction of sp³-hybridized carbons (Fsp3) is 0.0588. The van der Waals surface area contributed by atoms with Crippen LogP contribution in [0.2, 0.25) is 0 Å². The molecule has 0 fully saturated rings. The lowest BCUT2D eigenvalue weighted by atomic mass is 9.94. The normalized spacial score (nSPS) is 10.4. The summed E-state index contributed by atoms with van der Waals surface area (Å²) in [5, 5.41) is 12.8. The molecule has 0 atom stereocenters. The summed E-state index contributed by atoms with van der Waals surface area (Å²) in [5.41, 5.74) is 0.909. The van der Waals surface area contributed by atoms with E-state index >= 15 is 0 Å². The van der Waals surface area contributed by atoms with Gasteiger partial charge in [-0.05, 0) is 28.3 Å². The van der Waals surface area contributed by atoms with E-state index in [4.69, 9.17) is 4.74 Å². The number of hydrogen-bond acceptors (Lipinski definition) is 3. The molecular weight excluding hydrogens is 250 g/mol. The average Bonchev–Trinajstić information content (AvgIpc) is 2.52. The molecule has 0 saturated heterocycles. The average molecular weight is 261 g/mol. The monoisotopic (exact) mass is 261 g/mol. The van der Waals surface area contributed by atoms with Gasteiger partial charge in [-0.1, -0.05) is 36.4 Å². The van der Waals surface area contributed by atoms with Crippen LogP contribution in [0.3, 0.4) is 0 Å². The van der Waals surface area contributed by atoms with Gasteiger partial charge in [-0.25, -0.2) is 4.79 Å². The van der Waals surface area contributed by atoms with E-state index in [9.17, 15) is 10.1 Å². The third kappa shape index (κ3) is 1.70. The molecule has 0 amide bonds. The molecule has 3 heteroatoms. The van der Waals surface area contributed by atoms with Crippen molar-refractivity contribution in [1.29, 1.82) is 5.26 Å². The molecule has 3 aromatic carbocycles. The Morgan fingerprint density at radius 1 is 1.10 bits per heavy atom. The van der Waals surface area contributed by atoms with Crippen molar-refractivity contribution in [2.75, 3.05) is 7.11 Å². The summed E-state index contributed by atoms with van der Waals surface area (Å²) in [6.45, 7) is 0. The van der Waals surface area contributed by atoms with Crippen LogP contribution < -0.4 is 0 Å². The largest absolute Gasteiger partial charge is 0.465 e. The van der Waals surface area contributed by atoms with Gasteiger partial charge in [-0.2, -0.15) is 5.26 Å². The molecule has 0 N–H and O–H groups in total. The number of ether oxygens (including phenoxy) is 1. The van der Waals surface area contributed by atoms with Crippen molar-refractivity contribution in [2.24, 2.45) is 0 Å². The first-order valence-corrected chi connectivity index (χ1v) is 6.19. The SMILES string of the molecule is COC(=O)c1cc2ccccc2c2cccc(C#N)c12. The van der Waals surface area contributed by atoms with Crippen LogP contribution in [-0.2, 0) is 4.74 Å². The summed E-state index contributed by atoms with van der Waals surface area (Å²) in [6, 6.07) is 17.2. The minimum absolute atomic E-state index is 0.427. The van der Waals surface area contributed by atoms with Gasteiger partial charge in [0.25, 0.3) is 0 Å². The molecular formula is C17H11NO2. The van der Waals surface area contributed by atoms with Gasteiger partial charge in [0.2, 0.25) is 0 Å². The second-order valence-corrected chi connectivity index (χ2v) is 4.48. The molecule has 0 aliphatic rings. The summed E-state index contributed by atoms with van der Waals surface area (Å²) in [7, 11) is 1.35. The summed E-state index contributed by atoms with van der Waals surface area (Å²) >= 11 is 0. The first-order valence-electron chi connectivity index (χ1n) is 6.19. The van der Waals surface area contributed by atoms with Crippen LogP contribution in [0.15, 0.2) is 48.5 Å². The Kier molecular flexibility index (Phi) is 2.85. The van der Waals surface area contributed by atoms with E-state index in [1.165, 1.54) is 7.11 Å². The Labute approximate surface area is 116 Å². The Balaban J connectivity index is 2.58. The highest BCUT2D eigenvalue weighted by Gasteiger charge is 2.16. The molecule has 96 valence electrons. The number of rotatable bonds is 1. The van der Waals surface area contributed by atoms with Crippen molar-refractivity contribution < 1.29 is 9.53 Å². The highest BCUT2D eigenvalue weighted by atomic mass is 16.5. The van der Waals surface area contributed by atoms with E-state index in [0.717, 1.165) is 16.2 Å². The van der Waals surface area contributed by atoms with Crippen LogP contribution in [0, 0.1) is 11.3 Å². The number of nitriles is 1. The van der Waals surface area contributed by atoms with Crippen LogP contribution >= 0.6 is 0 Å². The number of benzene rings is 3. The molecule has 0 heterocycles. The molecule has 0 aliphatic carbocycles. The molecule has 3 nitrogen and oxygen atoms in total. The number of carbonyl (C=O) groups excluding carboxylic acids is 1. The molecule has 0 unspecified atom stereocenters. The molecule has 0 saturated carbocycles. The zero-order chi connectivity index (χ0) is 14.1. The standard InChI is InChI=1S/C17H11NO2/c1-20-17(19)15-9-11-5-2-3-7-13(11)14-8-4-6-12(10-18)16(14)15/h2-9H,1H3. The van der Waals surface area contributed by atoms with Gasteiger partial charge in [-0.15, -0.1) is 0 Å². The minimum Gasteiger partial charge on any atom is -0.465 e. The molecule has 0 spiro atoms. The number of methoxy groups -OCH3 is 1. The highest BCUT2D eigenvalue weighted by molar-refractivity contribution is 6.17. The van der Waals surface area contributed by atoms with Gasteiger partial charge in [-0.3, -0.25) is 0 Å². The molecule has 0 aromatic heterocycles. The first kappa shape index (κ1) is 12.2. The van der Waals surface area contributed by atoms with Crippen molar-refractivity contribution in [1.82, 2.24) is 0 Å². The molecule has 0 bridgehead atoms. The summed E-state index contributed by atoms with van der Waals surface area (Å²) < 4.78 is 4.84. The Bertz CT molecular complexity index is 875. The number of fused-ring (bicyclic) bond motifs is 3. The Hall–Kier alpha value is -2.86. The van der Waals surface area contributed by atoms with E-state index in [2.05, 4.69) is 6.07 Å². The lowest BCUT2D eigenvalue weighted by molar-refractivity contribution is 0.0603. The quantitative estimate of drug-likeness (QED) is 0.496. The topological polar surface area (TPSA) is 50.1 Å². The van der Waals surface area contributed by atoms with Crippen LogP contribution in [0.25, 0.3) is 21.5 Å². The smallest absolute Gasteiger partial charge is 0.338 e. The van der Waals surface area contributed by atoms with Gasteiger partial charge in [0.05, 0.1) is 24.3 Å². The maximum atomic E-state index is 12.0. The summed E-state index contributed by atoms with van der Waals surface area (Å²) in [6.07, 6.45) is 0. The van der Waals surface area contributed by atoms with Crippen molar-refractivity contribution >= 4 is 27.5 Å². The van der Waals surface area contributed by atoms with Gasteiger partial charge >= 0.3 is 5.97 Å². The molecule has 0 aliphatic heterocycles. The third-order valence-electron chi connectivity index (χ3n) is 3.41. The van der Waals surface area contributed by atoms with Crippen molar-refractivity contribution in [3.63, 3.8) is 0 Å². The number of esters is 1.